The Hall–Kier alpha value is -0.860. The third kappa shape index (κ3) is 3.83. The van der Waals surface area contributed by atoms with Gasteiger partial charge in [0.1, 0.15) is 16.7 Å². The van der Waals surface area contributed by atoms with Gasteiger partial charge in [0, 0.05) is 18.5 Å². The minimum atomic E-state index is -0.0896. The molecule has 0 aliphatic rings. The number of anilines is 1. The fraction of sp³-hybridized carbons (Fsp3) is 0.500. The molecule has 0 atom stereocenters. The van der Waals surface area contributed by atoms with Gasteiger partial charge in [0.2, 0.25) is 0 Å². The van der Waals surface area contributed by atoms with Gasteiger partial charge in [-0.2, -0.15) is 0 Å². The lowest BCUT2D eigenvalue weighted by molar-refractivity contribution is 0.539. The molecule has 0 aliphatic carbocycles. The van der Waals surface area contributed by atoms with E-state index < -0.39 is 0 Å². The fourth-order valence-corrected chi connectivity index (χ4v) is 3.74. The molecule has 2 rings (SSSR count). The Balaban J connectivity index is 2.31. The van der Waals surface area contributed by atoms with Crippen molar-refractivity contribution in [3.8, 4) is 0 Å². The number of hydrogen-bond acceptors (Lipinski definition) is 8. The lowest BCUT2D eigenvalue weighted by atomic mass is 9.96. The third-order valence-electron chi connectivity index (χ3n) is 2.38. The predicted octanol–water partition coefficient (Wildman–Crippen LogP) is 3.54. The molecule has 2 aromatic heterocycles. The maximum absolute atomic E-state index is 4.63. The SMILES string of the molecule is CNc1cc(Sc2nnc(SC)s2)nc(C(C)(C)C)n1. The van der Waals surface area contributed by atoms with Crippen molar-refractivity contribution in [2.75, 3.05) is 18.6 Å². The summed E-state index contributed by atoms with van der Waals surface area (Å²) in [7, 11) is 1.86. The number of aromatic nitrogens is 4. The molecule has 0 unspecified atom stereocenters. The smallest absolute Gasteiger partial charge is 0.181 e. The minimum absolute atomic E-state index is 0.0896. The van der Waals surface area contributed by atoms with Crippen molar-refractivity contribution < 1.29 is 0 Å². The van der Waals surface area contributed by atoms with E-state index in [-0.39, 0.29) is 5.41 Å². The van der Waals surface area contributed by atoms with Gasteiger partial charge in [-0.3, -0.25) is 0 Å². The van der Waals surface area contributed by atoms with Crippen molar-refractivity contribution in [1.29, 1.82) is 0 Å². The second kappa shape index (κ2) is 6.28. The van der Waals surface area contributed by atoms with Crippen LogP contribution in [-0.4, -0.2) is 33.5 Å². The number of hydrogen-bond donors (Lipinski definition) is 1. The Bertz CT molecular complexity index is 591. The highest BCUT2D eigenvalue weighted by atomic mass is 32.2. The van der Waals surface area contributed by atoms with E-state index in [0.717, 1.165) is 25.3 Å². The second-order valence-electron chi connectivity index (χ2n) is 5.06. The molecule has 0 radical (unpaired) electrons. The van der Waals surface area contributed by atoms with Gasteiger partial charge in [-0.05, 0) is 18.0 Å². The molecule has 108 valence electrons. The fourth-order valence-electron chi connectivity index (χ4n) is 1.35. The second-order valence-corrected chi connectivity index (χ2v) is 8.35. The average molecular weight is 328 g/mol. The van der Waals surface area contributed by atoms with Crippen LogP contribution in [0.2, 0.25) is 0 Å². The molecule has 0 bridgehead atoms. The Morgan fingerprint density at radius 1 is 1.15 bits per heavy atom. The molecule has 20 heavy (non-hydrogen) atoms. The first-order valence-corrected chi connectivity index (χ1v) is 8.91. The highest BCUT2D eigenvalue weighted by molar-refractivity contribution is 8.02. The Morgan fingerprint density at radius 3 is 2.40 bits per heavy atom. The van der Waals surface area contributed by atoms with E-state index in [1.165, 1.54) is 11.8 Å². The summed E-state index contributed by atoms with van der Waals surface area (Å²) in [6.45, 7) is 6.31. The summed E-state index contributed by atoms with van der Waals surface area (Å²) < 4.78 is 1.86. The monoisotopic (exact) mass is 327 g/mol. The van der Waals surface area contributed by atoms with Gasteiger partial charge in [0.25, 0.3) is 0 Å². The van der Waals surface area contributed by atoms with Gasteiger partial charge in [-0.25, -0.2) is 9.97 Å². The Kier molecular flexibility index (Phi) is 4.87. The first kappa shape index (κ1) is 15.5. The maximum atomic E-state index is 4.63. The molecule has 5 nitrogen and oxygen atoms in total. The summed E-state index contributed by atoms with van der Waals surface area (Å²) in [5.41, 5.74) is -0.0896. The molecule has 0 spiro atoms. The highest BCUT2D eigenvalue weighted by Gasteiger charge is 2.19. The standard InChI is InChI=1S/C12H17N5S3/c1-12(2,3)9-14-7(13-4)6-8(15-9)19-11-17-16-10(18-5)20-11/h6H,1-5H3,(H,13,14,15). The zero-order chi connectivity index (χ0) is 14.8. The van der Waals surface area contributed by atoms with E-state index in [1.807, 2.05) is 19.4 Å². The Labute approximate surface area is 131 Å². The van der Waals surface area contributed by atoms with Crippen LogP contribution in [0.5, 0.6) is 0 Å². The number of rotatable bonds is 4. The first-order chi connectivity index (χ1) is 9.42. The van der Waals surface area contributed by atoms with Gasteiger partial charge in [-0.15, -0.1) is 10.2 Å². The summed E-state index contributed by atoms with van der Waals surface area (Å²) in [5.74, 6) is 1.64. The predicted molar refractivity (Wildman–Crippen MR) is 86.1 cm³/mol. The van der Waals surface area contributed by atoms with Crippen molar-refractivity contribution in [2.45, 2.75) is 39.9 Å². The minimum Gasteiger partial charge on any atom is -0.373 e. The van der Waals surface area contributed by atoms with E-state index in [4.69, 9.17) is 0 Å². The molecular formula is C12H17N5S3. The summed E-state index contributed by atoms with van der Waals surface area (Å²) in [6.07, 6.45) is 2.00. The molecule has 1 N–H and O–H groups in total. The molecule has 0 aliphatic heterocycles. The third-order valence-corrected chi connectivity index (χ3v) is 5.25. The van der Waals surface area contributed by atoms with Gasteiger partial charge >= 0.3 is 0 Å². The van der Waals surface area contributed by atoms with Crippen LogP contribution in [0.1, 0.15) is 26.6 Å². The molecule has 8 heteroatoms. The summed E-state index contributed by atoms with van der Waals surface area (Å²) in [5, 5.41) is 12.2. The average Bonchev–Trinajstić information content (AvgIpc) is 2.85. The number of nitrogens with zero attached hydrogens (tertiary/aromatic N) is 4. The van der Waals surface area contributed by atoms with Crippen molar-refractivity contribution in [3.05, 3.63) is 11.9 Å². The van der Waals surface area contributed by atoms with Crippen molar-refractivity contribution in [1.82, 2.24) is 20.2 Å². The van der Waals surface area contributed by atoms with E-state index in [1.54, 1.807) is 23.1 Å². The molecule has 2 heterocycles. The molecule has 0 aromatic carbocycles. The molecule has 0 saturated heterocycles. The van der Waals surface area contributed by atoms with E-state index >= 15 is 0 Å². The largest absolute Gasteiger partial charge is 0.373 e. The molecular weight excluding hydrogens is 310 g/mol. The topological polar surface area (TPSA) is 63.6 Å². The highest BCUT2D eigenvalue weighted by Crippen LogP contribution is 2.33. The van der Waals surface area contributed by atoms with Crippen LogP contribution < -0.4 is 5.32 Å². The van der Waals surface area contributed by atoms with Crippen LogP contribution in [0.25, 0.3) is 0 Å². The maximum Gasteiger partial charge on any atom is 0.181 e. The normalized spacial score (nSPS) is 11.7. The summed E-state index contributed by atoms with van der Waals surface area (Å²) in [4.78, 5) is 9.14. The van der Waals surface area contributed by atoms with Crippen LogP contribution in [0, 0.1) is 0 Å². The van der Waals surface area contributed by atoms with Crippen molar-refractivity contribution in [2.24, 2.45) is 0 Å². The van der Waals surface area contributed by atoms with Crippen molar-refractivity contribution >= 4 is 40.7 Å². The van der Waals surface area contributed by atoms with Gasteiger partial charge in [0.05, 0.1) is 0 Å². The van der Waals surface area contributed by atoms with Crippen LogP contribution in [0.4, 0.5) is 5.82 Å². The molecule has 0 fully saturated rings. The number of thioether (sulfide) groups is 1. The number of nitrogens with one attached hydrogen (secondary N) is 1. The lowest BCUT2D eigenvalue weighted by Crippen LogP contribution is -2.17. The van der Waals surface area contributed by atoms with Crippen LogP contribution in [0.3, 0.4) is 0 Å². The zero-order valence-corrected chi connectivity index (χ0v) is 14.5. The first-order valence-electron chi connectivity index (χ1n) is 6.05. The van der Waals surface area contributed by atoms with Crippen molar-refractivity contribution in [3.63, 3.8) is 0 Å². The molecule has 0 amide bonds. The van der Waals surface area contributed by atoms with E-state index in [2.05, 4.69) is 46.3 Å². The van der Waals surface area contributed by atoms with Crippen LogP contribution in [-0.2, 0) is 5.41 Å². The van der Waals surface area contributed by atoms with Gasteiger partial charge in [-0.1, -0.05) is 43.9 Å². The summed E-state index contributed by atoms with van der Waals surface area (Å²) in [6, 6.07) is 1.93. The van der Waals surface area contributed by atoms with E-state index in [0.29, 0.717) is 0 Å². The van der Waals surface area contributed by atoms with Gasteiger partial charge < -0.3 is 5.32 Å². The Morgan fingerprint density at radius 2 is 1.85 bits per heavy atom. The van der Waals surface area contributed by atoms with E-state index in [9.17, 15) is 0 Å². The van der Waals surface area contributed by atoms with Gasteiger partial charge in [0.15, 0.2) is 8.68 Å². The van der Waals surface area contributed by atoms with Crippen LogP contribution in [0.15, 0.2) is 19.8 Å². The quantitative estimate of drug-likeness (QED) is 0.680. The molecule has 0 saturated carbocycles. The molecule has 2 aromatic rings. The summed E-state index contributed by atoms with van der Waals surface area (Å²) >= 11 is 4.70. The zero-order valence-electron chi connectivity index (χ0n) is 12.1. The van der Waals surface area contributed by atoms with Crippen LogP contribution >= 0.6 is 34.9 Å². The lowest BCUT2D eigenvalue weighted by Gasteiger charge is -2.18.